The van der Waals surface area contributed by atoms with Crippen molar-refractivity contribution in [3.05, 3.63) is 47.9 Å². The molecule has 0 amide bonds. The smallest absolute Gasteiger partial charge is 0.223 e. The lowest BCUT2D eigenvalue weighted by atomic mass is 10.1. The molecule has 2 saturated carbocycles. The summed E-state index contributed by atoms with van der Waals surface area (Å²) in [6, 6.07) is 10.4. The van der Waals surface area contributed by atoms with E-state index in [0.717, 1.165) is 53.8 Å². The Hall–Kier alpha value is -3.26. The molecule has 0 spiro atoms. The van der Waals surface area contributed by atoms with Crippen LogP contribution in [-0.2, 0) is 0 Å². The van der Waals surface area contributed by atoms with E-state index in [9.17, 15) is 0 Å². The highest BCUT2D eigenvalue weighted by Crippen LogP contribution is 2.35. The Morgan fingerprint density at radius 1 is 0.765 bits per heavy atom. The van der Waals surface area contributed by atoms with Crippen LogP contribution >= 0.6 is 11.6 Å². The molecule has 4 heterocycles. The van der Waals surface area contributed by atoms with Gasteiger partial charge in [-0.2, -0.15) is 5.10 Å². The highest BCUT2D eigenvalue weighted by Gasteiger charge is 2.22. The Morgan fingerprint density at radius 3 is 2.00 bits per heavy atom. The predicted molar refractivity (Wildman–Crippen MR) is 134 cm³/mol. The molecule has 0 unspecified atom stereocenters. The molecular formula is C25H27ClN8. The van der Waals surface area contributed by atoms with E-state index in [1.54, 1.807) is 16.9 Å². The number of fused-ring (bicyclic) bond motifs is 1. The third-order valence-electron chi connectivity index (χ3n) is 6.80. The maximum atomic E-state index is 6.52. The molecule has 174 valence electrons. The fourth-order valence-corrected chi connectivity index (χ4v) is 5.30. The largest absolute Gasteiger partial charge is 0.351 e. The lowest BCUT2D eigenvalue weighted by Gasteiger charge is -2.13. The molecule has 8 nitrogen and oxygen atoms in total. The molecule has 0 atom stereocenters. The zero-order valence-corrected chi connectivity index (χ0v) is 19.7. The van der Waals surface area contributed by atoms with E-state index < -0.39 is 0 Å². The van der Waals surface area contributed by atoms with Crippen molar-refractivity contribution in [2.45, 2.75) is 63.5 Å². The Morgan fingerprint density at radius 2 is 1.35 bits per heavy atom. The Kier molecular flexibility index (Phi) is 5.74. The molecule has 2 fully saturated rings. The lowest BCUT2D eigenvalue weighted by molar-refractivity contribution is 0.744. The van der Waals surface area contributed by atoms with Gasteiger partial charge in [0.25, 0.3) is 0 Å². The van der Waals surface area contributed by atoms with Crippen LogP contribution in [0, 0.1) is 0 Å². The van der Waals surface area contributed by atoms with Gasteiger partial charge in [-0.3, -0.25) is 0 Å². The van der Waals surface area contributed by atoms with Crippen molar-refractivity contribution in [3.63, 3.8) is 0 Å². The molecule has 0 saturated heterocycles. The molecule has 2 N–H and O–H groups in total. The molecule has 4 aromatic rings. The van der Waals surface area contributed by atoms with Crippen molar-refractivity contribution in [2.24, 2.45) is 0 Å². The van der Waals surface area contributed by atoms with E-state index in [2.05, 4.69) is 20.6 Å². The lowest BCUT2D eigenvalue weighted by Crippen LogP contribution is -2.16. The molecule has 9 heteroatoms. The van der Waals surface area contributed by atoms with Gasteiger partial charge in [-0.1, -0.05) is 43.4 Å². The van der Waals surface area contributed by atoms with E-state index in [1.807, 2.05) is 30.3 Å². The first-order chi connectivity index (χ1) is 16.7. The van der Waals surface area contributed by atoms with Crippen LogP contribution in [0.2, 0.25) is 5.15 Å². The zero-order valence-electron chi connectivity index (χ0n) is 18.9. The highest BCUT2D eigenvalue weighted by molar-refractivity contribution is 6.29. The van der Waals surface area contributed by atoms with Crippen LogP contribution < -0.4 is 10.6 Å². The van der Waals surface area contributed by atoms with Gasteiger partial charge in [-0.25, -0.2) is 24.5 Å². The number of halogens is 1. The monoisotopic (exact) mass is 474 g/mol. The Labute approximate surface area is 203 Å². The molecule has 2 aliphatic rings. The summed E-state index contributed by atoms with van der Waals surface area (Å²) < 4.78 is 1.74. The summed E-state index contributed by atoms with van der Waals surface area (Å²) in [5.41, 5.74) is 3.98. The molecule has 0 bridgehead atoms. The molecule has 34 heavy (non-hydrogen) atoms. The first-order valence-electron chi connectivity index (χ1n) is 12.1. The normalized spacial score (nSPS) is 17.0. The fraction of sp³-hybridized carbons (Fsp3) is 0.400. The molecule has 0 aromatic carbocycles. The number of aromatic nitrogens is 6. The van der Waals surface area contributed by atoms with Gasteiger partial charge in [0.1, 0.15) is 10.8 Å². The Balaban J connectivity index is 1.43. The summed E-state index contributed by atoms with van der Waals surface area (Å²) in [6.45, 7) is 0. The first-order valence-corrected chi connectivity index (χ1v) is 12.5. The second kappa shape index (κ2) is 9.18. The van der Waals surface area contributed by atoms with Crippen LogP contribution in [0.4, 0.5) is 11.9 Å². The molecule has 2 aliphatic carbocycles. The number of hydrogen-bond acceptors (Lipinski definition) is 7. The second-order valence-electron chi connectivity index (χ2n) is 9.15. The zero-order chi connectivity index (χ0) is 22.9. The minimum atomic E-state index is 0.427. The summed E-state index contributed by atoms with van der Waals surface area (Å²) in [7, 11) is 0. The average Bonchev–Trinajstić information content (AvgIpc) is 3.61. The summed E-state index contributed by atoms with van der Waals surface area (Å²) in [6.07, 6.45) is 13.2. The average molecular weight is 475 g/mol. The second-order valence-corrected chi connectivity index (χ2v) is 9.54. The SMILES string of the molecule is Clc1cccc2c(-c3ccnc(NC4CCCC4)n3)c(-c3ccnc(NC4CCCC4)n3)nn12. The minimum absolute atomic E-state index is 0.427. The topological polar surface area (TPSA) is 92.9 Å². The first kappa shape index (κ1) is 21.3. The Bertz CT molecular complexity index is 1310. The predicted octanol–water partition coefficient (Wildman–Crippen LogP) is 5.61. The van der Waals surface area contributed by atoms with E-state index in [1.165, 1.54) is 25.7 Å². The van der Waals surface area contributed by atoms with Crippen molar-refractivity contribution >= 4 is 29.0 Å². The number of pyridine rings is 1. The standard InChI is InChI=1S/C25H27ClN8/c26-21-11-5-10-20-22(18-12-14-27-24(31-18)29-16-6-1-2-7-16)23(33-34(20)21)19-13-15-28-25(32-19)30-17-8-3-4-9-17/h5,10-17H,1-4,6-9H2,(H,27,29,31)(H,28,30,32). The maximum Gasteiger partial charge on any atom is 0.223 e. The fourth-order valence-electron chi connectivity index (χ4n) is 5.10. The van der Waals surface area contributed by atoms with Crippen LogP contribution in [0.5, 0.6) is 0 Å². The van der Waals surface area contributed by atoms with E-state index in [0.29, 0.717) is 29.1 Å². The van der Waals surface area contributed by atoms with Gasteiger partial charge < -0.3 is 10.6 Å². The van der Waals surface area contributed by atoms with Gasteiger partial charge in [-0.05, 0) is 49.9 Å². The summed E-state index contributed by atoms with van der Waals surface area (Å²) in [4.78, 5) is 18.6. The summed E-state index contributed by atoms with van der Waals surface area (Å²) in [5, 5.41) is 12.4. The van der Waals surface area contributed by atoms with Gasteiger partial charge in [0.2, 0.25) is 11.9 Å². The molecule has 6 rings (SSSR count). The van der Waals surface area contributed by atoms with Gasteiger partial charge in [0.05, 0.1) is 22.5 Å². The van der Waals surface area contributed by atoms with E-state index >= 15 is 0 Å². The van der Waals surface area contributed by atoms with Crippen molar-refractivity contribution in [1.29, 1.82) is 0 Å². The van der Waals surface area contributed by atoms with Crippen LogP contribution in [0.1, 0.15) is 51.4 Å². The van der Waals surface area contributed by atoms with Gasteiger partial charge in [0, 0.05) is 24.5 Å². The van der Waals surface area contributed by atoms with Gasteiger partial charge >= 0.3 is 0 Å². The maximum absolute atomic E-state index is 6.52. The minimum Gasteiger partial charge on any atom is -0.351 e. The number of nitrogens with one attached hydrogen (secondary N) is 2. The third-order valence-corrected chi connectivity index (χ3v) is 7.08. The number of rotatable bonds is 6. The van der Waals surface area contributed by atoms with Gasteiger partial charge in [-0.15, -0.1) is 0 Å². The number of anilines is 2. The van der Waals surface area contributed by atoms with Crippen molar-refractivity contribution in [2.75, 3.05) is 10.6 Å². The number of hydrogen-bond donors (Lipinski definition) is 2. The highest BCUT2D eigenvalue weighted by atomic mass is 35.5. The van der Waals surface area contributed by atoms with Crippen LogP contribution in [0.15, 0.2) is 42.7 Å². The van der Waals surface area contributed by atoms with Crippen LogP contribution in [-0.4, -0.2) is 41.6 Å². The quantitative estimate of drug-likeness (QED) is 0.351. The van der Waals surface area contributed by atoms with Crippen LogP contribution in [0.3, 0.4) is 0 Å². The van der Waals surface area contributed by atoms with Crippen molar-refractivity contribution in [3.8, 4) is 22.6 Å². The van der Waals surface area contributed by atoms with Crippen molar-refractivity contribution < 1.29 is 0 Å². The molecular weight excluding hydrogens is 448 g/mol. The third kappa shape index (κ3) is 4.18. The van der Waals surface area contributed by atoms with Gasteiger partial charge in [0.15, 0.2) is 0 Å². The van der Waals surface area contributed by atoms with E-state index in [-0.39, 0.29) is 0 Å². The van der Waals surface area contributed by atoms with Crippen molar-refractivity contribution in [1.82, 2.24) is 29.5 Å². The van der Waals surface area contributed by atoms with Crippen LogP contribution in [0.25, 0.3) is 28.2 Å². The summed E-state index contributed by atoms with van der Waals surface area (Å²) >= 11 is 6.52. The molecule has 0 aliphatic heterocycles. The number of nitrogens with zero attached hydrogens (tertiary/aromatic N) is 6. The molecule has 4 aromatic heterocycles. The molecule has 0 radical (unpaired) electrons. The van der Waals surface area contributed by atoms with E-state index in [4.69, 9.17) is 26.7 Å². The summed E-state index contributed by atoms with van der Waals surface area (Å²) in [5.74, 6) is 1.27.